The first-order valence-corrected chi connectivity index (χ1v) is 9.39. The van der Waals surface area contributed by atoms with Crippen LogP contribution >= 0.6 is 0 Å². The Morgan fingerprint density at radius 1 is 1.27 bits per heavy atom. The Morgan fingerprint density at radius 2 is 2.10 bits per heavy atom. The first kappa shape index (κ1) is 19.3. The summed E-state index contributed by atoms with van der Waals surface area (Å²) in [7, 11) is 1.57. The van der Waals surface area contributed by atoms with E-state index in [1.54, 1.807) is 36.1 Å². The van der Waals surface area contributed by atoms with E-state index >= 15 is 0 Å². The number of hydrogen-bond donors (Lipinski definition) is 1. The van der Waals surface area contributed by atoms with Gasteiger partial charge in [0, 0.05) is 18.0 Å². The van der Waals surface area contributed by atoms with Crippen LogP contribution in [0.1, 0.15) is 28.4 Å². The van der Waals surface area contributed by atoms with Crippen LogP contribution in [0.4, 0.5) is 0 Å². The van der Waals surface area contributed by atoms with E-state index in [1.807, 2.05) is 37.3 Å². The summed E-state index contributed by atoms with van der Waals surface area (Å²) < 4.78 is 12.6. The lowest BCUT2D eigenvalue weighted by Crippen LogP contribution is -2.33. The van der Waals surface area contributed by atoms with Gasteiger partial charge in [0.15, 0.2) is 0 Å². The number of nitriles is 1. The van der Waals surface area contributed by atoms with Crippen molar-refractivity contribution in [1.29, 1.82) is 5.26 Å². The molecule has 3 heterocycles. The average molecular weight is 400 g/mol. The van der Waals surface area contributed by atoms with Gasteiger partial charge < -0.3 is 19.8 Å². The van der Waals surface area contributed by atoms with Crippen LogP contribution in [-0.4, -0.2) is 16.7 Å². The van der Waals surface area contributed by atoms with Crippen molar-refractivity contribution in [1.82, 2.24) is 9.55 Å². The molecule has 0 radical (unpaired) electrons. The highest BCUT2D eigenvalue weighted by atomic mass is 16.5. The van der Waals surface area contributed by atoms with Gasteiger partial charge in [-0.25, -0.2) is 0 Å². The van der Waals surface area contributed by atoms with Crippen LogP contribution in [0, 0.1) is 18.3 Å². The van der Waals surface area contributed by atoms with Crippen molar-refractivity contribution in [3.63, 3.8) is 0 Å². The zero-order valence-electron chi connectivity index (χ0n) is 16.6. The Kier molecular flexibility index (Phi) is 4.98. The maximum Gasteiger partial charge on any atom is 0.259 e. The van der Waals surface area contributed by atoms with Gasteiger partial charge in [-0.3, -0.25) is 9.78 Å². The van der Waals surface area contributed by atoms with Gasteiger partial charge in [0.25, 0.3) is 5.56 Å². The monoisotopic (exact) mass is 400 g/mol. The topological polar surface area (TPSA) is 103 Å². The van der Waals surface area contributed by atoms with Crippen molar-refractivity contribution in [2.45, 2.75) is 19.4 Å². The van der Waals surface area contributed by atoms with Gasteiger partial charge in [0.1, 0.15) is 23.1 Å². The highest BCUT2D eigenvalue weighted by Gasteiger charge is 2.34. The number of methoxy groups -OCH3 is 1. The van der Waals surface area contributed by atoms with Crippen molar-refractivity contribution in [2.75, 3.05) is 7.11 Å². The van der Waals surface area contributed by atoms with Crippen LogP contribution < -0.4 is 20.8 Å². The number of fused-ring (bicyclic) bond motifs is 1. The Morgan fingerprint density at radius 3 is 2.80 bits per heavy atom. The van der Waals surface area contributed by atoms with Gasteiger partial charge in [-0.05, 0) is 36.8 Å². The van der Waals surface area contributed by atoms with Crippen LogP contribution in [0.25, 0.3) is 0 Å². The minimum absolute atomic E-state index is 0.000837. The fourth-order valence-corrected chi connectivity index (χ4v) is 3.69. The summed E-state index contributed by atoms with van der Waals surface area (Å²) >= 11 is 0. The lowest BCUT2D eigenvalue weighted by Gasteiger charge is -2.27. The predicted molar refractivity (Wildman–Crippen MR) is 111 cm³/mol. The van der Waals surface area contributed by atoms with E-state index in [0.717, 1.165) is 11.3 Å². The average Bonchev–Trinajstić information content (AvgIpc) is 2.76. The summed E-state index contributed by atoms with van der Waals surface area (Å²) in [5, 5.41) is 9.78. The van der Waals surface area contributed by atoms with Gasteiger partial charge >= 0.3 is 0 Å². The minimum atomic E-state index is -0.656. The molecule has 1 aliphatic rings. The summed E-state index contributed by atoms with van der Waals surface area (Å²) in [6, 6.07) is 16.7. The van der Waals surface area contributed by atoms with E-state index in [2.05, 4.69) is 11.1 Å². The molecule has 0 fully saturated rings. The third kappa shape index (κ3) is 3.29. The van der Waals surface area contributed by atoms with Crippen molar-refractivity contribution in [3.05, 3.63) is 99.1 Å². The Balaban J connectivity index is 1.93. The summed E-state index contributed by atoms with van der Waals surface area (Å²) in [5.41, 5.74) is 8.56. The second-order valence-electron chi connectivity index (χ2n) is 6.98. The van der Waals surface area contributed by atoms with Crippen LogP contribution in [0.2, 0.25) is 0 Å². The largest absolute Gasteiger partial charge is 0.497 e. The molecule has 0 saturated carbocycles. The zero-order valence-corrected chi connectivity index (χ0v) is 16.6. The van der Waals surface area contributed by atoms with Crippen molar-refractivity contribution in [2.24, 2.45) is 5.73 Å². The first-order chi connectivity index (χ1) is 14.5. The molecule has 2 aromatic heterocycles. The number of ether oxygens (including phenoxy) is 2. The molecule has 3 aromatic rings. The molecular formula is C23H20N4O3. The number of aryl methyl sites for hydroxylation is 1. The molecule has 2 N–H and O–H groups in total. The fourth-order valence-electron chi connectivity index (χ4n) is 3.69. The third-order valence-electron chi connectivity index (χ3n) is 5.16. The predicted octanol–water partition coefficient (Wildman–Crippen LogP) is 2.83. The molecule has 0 spiro atoms. The van der Waals surface area contributed by atoms with Crippen LogP contribution in [0.3, 0.4) is 0 Å². The molecule has 4 rings (SSSR count). The summed E-state index contributed by atoms with van der Waals surface area (Å²) in [5.74, 6) is 0.326. The third-order valence-corrected chi connectivity index (χ3v) is 5.16. The van der Waals surface area contributed by atoms with Crippen LogP contribution in [-0.2, 0) is 6.54 Å². The Bertz CT molecular complexity index is 1240. The van der Waals surface area contributed by atoms with Crippen molar-refractivity contribution in [3.8, 4) is 17.6 Å². The molecule has 150 valence electrons. The van der Waals surface area contributed by atoms with E-state index in [9.17, 15) is 10.1 Å². The van der Waals surface area contributed by atoms with Crippen molar-refractivity contribution >= 4 is 0 Å². The van der Waals surface area contributed by atoms with Gasteiger partial charge in [0.05, 0.1) is 30.8 Å². The number of aromatic nitrogens is 2. The standard InChI is InChI=1S/C23H20N4O3/c1-14-10-19-21(23(28)27(14)13-16-7-3-4-9-26-16)20(18(12-24)22(25)30-19)15-6-5-8-17(11-15)29-2/h3-11,20H,13,25H2,1-2H3/t20-/m0/s1. The molecule has 30 heavy (non-hydrogen) atoms. The number of allylic oxidation sites excluding steroid dienone is 1. The van der Waals surface area contributed by atoms with Gasteiger partial charge in [-0.15, -0.1) is 0 Å². The normalized spacial score (nSPS) is 15.2. The first-order valence-electron chi connectivity index (χ1n) is 9.39. The lowest BCUT2D eigenvalue weighted by molar-refractivity contribution is 0.388. The molecule has 7 heteroatoms. The fraction of sp³-hybridized carbons (Fsp3) is 0.174. The molecule has 7 nitrogen and oxygen atoms in total. The SMILES string of the molecule is COc1cccc([C@H]2C(C#N)=C(N)Oc3cc(C)n(Cc4ccccn4)c(=O)c32)c1. The Labute approximate surface area is 173 Å². The highest BCUT2D eigenvalue weighted by molar-refractivity contribution is 5.56. The lowest BCUT2D eigenvalue weighted by atomic mass is 9.84. The number of benzene rings is 1. The molecule has 1 aliphatic heterocycles. The maximum absolute atomic E-state index is 13.6. The molecule has 0 unspecified atom stereocenters. The molecule has 0 amide bonds. The van der Waals surface area contributed by atoms with Crippen LogP contribution in [0.5, 0.6) is 11.5 Å². The molecule has 0 saturated heterocycles. The van der Waals surface area contributed by atoms with E-state index in [4.69, 9.17) is 15.2 Å². The molecular weight excluding hydrogens is 380 g/mol. The summed E-state index contributed by atoms with van der Waals surface area (Å²) in [6.07, 6.45) is 1.69. The van der Waals surface area contributed by atoms with E-state index < -0.39 is 5.92 Å². The molecule has 1 atom stereocenters. The number of hydrogen-bond acceptors (Lipinski definition) is 6. The summed E-state index contributed by atoms with van der Waals surface area (Å²) in [4.78, 5) is 17.9. The summed E-state index contributed by atoms with van der Waals surface area (Å²) in [6.45, 7) is 2.14. The number of pyridine rings is 2. The number of nitrogens with zero attached hydrogens (tertiary/aromatic N) is 3. The highest BCUT2D eigenvalue weighted by Crippen LogP contribution is 2.41. The molecule has 0 bridgehead atoms. The van der Waals surface area contributed by atoms with Gasteiger partial charge in [0.2, 0.25) is 5.88 Å². The van der Waals surface area contributed by atoms with Gasteiger partial charge in [-0.1, -0.05) is 18.2 Å². The van der Waals surface area contributed by atoms with E-state index in [-0.39, 0.29) is 17.0 Å². The quantitative estimate of drug-likeness (QED) is 0.722. The van der Waals surface area contributed by atoms with E-state index in [0.29, 0.717) is 29.3 Å². The number of rotatable bonds is 4. The van der Waals surface area contributed by atoms with Gasteiger partial charge in [-0.2, -0.15) is 5.26 Å². The molecule has 1 aromatic carbocycles. The minimum Gasteiger partial charge on any atom is -0.497 e. The second-order valence-corrected chi connectivity index (χ2v) is 6.98. The molecule has 0 aliphatic carbocycles. The number of nitrogens with two attached hydrogens (primary N) is 1. The Hall–Kier alpha value is -4.05. The van der Waals surface area contributed by atoms with Crippen molar-refractivity contribution < 1.29 is 9.47 Å². The van der Waals surface area contributed by atoms with Crippen LogP contribution in [0.15, 0.2) is 71.0 Å². The van der Waals surface area contributed by atoms with E-state index in [1.165, 1.54) is 0 Å². The zero-order chi connectivity index (χ0) is 21.3. The second kappa shape index (κ2) is 7.76. The maximum atomic E-state index is 13.6. The smallest absolute Gasteiger partial charge is 0.259 e.